The number of hydrogen-bond donors (Lipinski definition) is 1. The number of amides is 1. The van der Waals surface area contributed by atoms with Crippen LogP contribution in [0.3, 0.4) is 0 Å². The Labute approximate surface area is 137 Å². The molecule has 0 aliphatic carbocycles. The lowest BCUT2D eigenvalue weighted by Gasteiger charge is -2.06. The highest BCUT2D eigenvalue weighted by molar-refractivity contribution is 5.97. The maximum atomic E-state index is 12.1. The number of nitro benzene ring substituents is 1. The van der Waals surface area contributed by atoms with Gasteiger partial charge in [0, 0.05) is 11.6 Å². The summed E-state index contributed by atoms with van der Waals surface area (Å²) in [5.41, 5.74) is 2.94. The minimum atomic E-state index is -0.552. The third kappa shape index (κ3) is 3.86. The Morgan fingerprint density at radius 2 is 1.88 bits per heavy atom. The first-order valence-electron chi connectivity index (χ1n) is 6.85. The molecule has 0 saturated heterocycles. The van der Waals surface area contributed by atoms with Crippen molar-refractivity contribution in [1.29, 1.82) is 0 Å². The highest BCUT2D eigenvalue weighted by atomic mass is 16.6. The van der Waals surface area contributed by atoms with Crippen molar-refractivity contribution in [3.63, 3.8) is 0 Å². The van der Waals surface area contributed by atoms with Crippen molar-refractivity contribution in [2.75, 3.05) is 14.2 Å². The number of benzene rings is 2. The summed E-state index contributed by atoms with van der Waals surface area (Å²) in [5.74, 6) is 0.118. The number of hydrogen-bond acceptors (Lipinski definition) is 6. The van der Waals surface area contributed by atoms with Crippen LogP contribution >= 0.6 is 0 Å². The lowest BCUT2D eigenvalue weighted by atomic mass is 10.2. The Hall–Kier alpha value is -3.42. The van der Waals surface area contributed by atoms with E-state index >= 15 is 0 Å². The van der Waals surface area contributed by atoms with Crippen LogP contribution in [0.2, 0.25) is 0 Å². The highest BCUT2D eigenvalue weighted by Gasteiger charge is 2.14. The summed E-state index contributed by atoms with van der Waals surface area (Å²) in [6, 6.07) is 11.1. The van der Waals surface area contributed by atoms with Gasteiger partial charge in [0.25, 0.3) is 5.91 Å². The molecule has 1 N–H and O–H groups in total. The van der Waals surface area contributed by atoms with E-state index < -0.39 is 10.8 Å². The third-order valence-electron chi connectivity index (χ3n) is 3.13. The topological polar surface area (TPSA) is 103 Å². The highest BCUT2D eigenvalue weighted by Crippen LogP contribution is 2.26. The van der Waals surface area contributed by atoms with Crippen molar-refractivity contribution >= 4 is 17.8 Å². The van der Waals surface area contributed by atoms with Gasteiger partial charge in [-0.15, -0.1) is 0 Å². The van der Waals surface area contributed by atoms with E-state index in [1.54, 1.807) is 30.3 Å². The van der Waals surface area contributed by atoms with E-state index in [1.807, 2.05) is 0 Å². The van der Waals surface area contributed by atoms with Crippen LogP contribution in [0.25, 0.3) is 0 Å². The van der Waals surface area contributed by atoms with Gasteiger partial charge in [-0.05, 0) is 24.3 Å². The number of carbonyl (C=O) groups is 1. The predicted octanol–water partition coefficient (Wildman–Crippen LogP) is 2.38. The lowest BCUT2D eigenvalue weighted by molar-refractivity contribution is -0.385. The van der Waals surface area contributed by atoms with Crippen molar-refractivity contribution in [3.8, 4) is 11.5 Å². The summed E-state index contributed by atoms with van der Waals surface area (Å²) in [7, 11) is 2.81. The molecule has 2 aromatic rings. The molecule has 0 aliphatic rings. The largest absolute Gasteiger partial charge is 0.496 e. The van der Waals surface area contributed by atoms with E-state index in [0.717, 1.165) is 0 Å². The summed E-state index contributed by atoms with van der Waals surface area (Å²) >= 11 is 0. The third-order valence-corrected chi connectivity index (χ3v) is 3.13. The van der Waals surface area contributed by atoms with Crippen molar-refractivity contribution < 1.29 is 19.2 Å². The quantitative estimate of drug-likeness (QED) is 0.498. The molecule has 8 nitrogen and oxygen atoms in total. The second kappa shape index (κ2) is 7.73. The van der Waals surface area contributed by atoms with Gasteiger partial charge < -0.3 is 9.47 Å². The van der Waals surface area contributed by atoms with Gasteiger partial charge >= 0.3 is 5.69 Å². The van der Waals surface area contributed by atoms with Crippen LogP contribution in [0.15, 0.2) is 47.6 Å². The first-order valence-corrected chi connectivity index (χ1v) is 6.85. The number of nitrogens with zero attached hydrogens (tertiary/aromatic N) is 2. The molecule has 24 heavy (non-hydrogen) atoms. The summed E-state index contributed by atoms with van der Waals surface area (Å²) < 4.78 is 10.0. The molecule has 0 aliphatic heterocycles. The number of rotatable bonds is 6. The summed E-state index contributed by atoms with van der Waals surface area (Å²) in [6.07, 6.45) is 1.31. The molecule has 0 saturated carbocycles. The molecule has 0 fully saturated rings. The number of para-hydroxylation sites is 1. The maximum Gasteiger partial charge on any atom is 0.311 e. The van der Waals surface area contributed by atoms with E-state index in [0.29, 0.717) is 16.9 Å². The average Bonchev–Trinajstić information content (AvgIpc) is 2.61. The standard InChI is InChI=1S/C16H15N3O5/c1-23-14-6-4-3-5-12(14)16(20)18-17-10-11-7-8-15(24-2)13(9-11)19(21)22/h3-10H,1-2H3,(H,18,20)/b17-10+. The molecule has 2 rings (SSSR count). The fourth-order valence-corrected chi connectivity index (χ4v) is 1.99. The van der Waals surface area contributed by atoms with Gasteiger partial charge in [0.1, 0.15) is 5.75 Å². The lowest BCUT2D eigenvalue weighted by Crippen LogP contribution is -2.18. The molecular weight excluding hydrogens is 314 g/mol. The van der Waals surface area contributed by atoms with Gasteiger partial charge in [-0.1, -0.05) is 12.1 Å². The monoisotopic (exact) mass is 329 g/mol. The molecule has 0 bridgehead atoms. The number of ether oxygens (including phenoxy) is 2. The predicted molar refractivity (Wildman–Crippen MR) is 87.7 cm³/mol. The van der Waals surface area contributed by atoms with Crippen LogP contribution in [0.5, 0.6) is 11.5 Å². The van der Waals surface area contributed by atoms with Gasteiger partial charge in [0.15, 0.2) is 5.75 Å². The fraction of sp³-hybridized carbons (Fsp3) is 0.125. The SMILES string of the molecule is COc1ccccc1C(=O)N/N=C/c1ccc(OC)c([N+](=O)[O-])c1. The van der Waals surface area contributed by atoms with E-state index in [-0.39, 0.29) is 11.4 Å². The summed E-state index contributed by atoms with van der Waals surface area (Å²) in [6.45, 7) is 0. The molecule has 2 aromatic carbocycles. The van der Waals surface area contributed by atoms with Crippen LogP contribution in [0.4, 0.5) is 5.69 Å². The number of carbonyl (C=O) groups excluding carboxylic acids is 1. The Balaban J connectivity index is 2.13. The molecular formula is C16H15N3O5. The molecule has 8 heteroatoms. The van der Waals surface area contributed by atoms with Crippen LogP contribution in [0, 0.1) is 10.1 Å². The van der Waals surface area contributed by atoms with Crippen molar-refractivity contribution in [1.82, 2.24) is 5.43 Å². The van der Waals surface area contributed by atoms with E-state index in [2.05, 4.69) is 10.5 Å². The van der Waals surface area contributed by atoms with Gasteiger partial charge in [-0.3, -0.25) is 14.9 Å². The number of nitrogens with one attached hydrogen (secondary N) is 1. The second-order valence-corrected chi connectivity index (χ2v) is 4.59. The zero-order valence-electron chi connectivity index (χ0n) is 13.1. The van der Waals surface area contributed by atoms with Crippen LogP contribution in [-0.4, -0.2) is 31.3 Å². The van der Waals surface area contributed by atoms with Crippen molar-refractivity contribution in [2.24, 2.45) is 5.10 Å². The molecule has 0 atom stereocenters. The minimum Gasteiger partial charge on any atom is -0.496 e. The summed E-state index contributed by atoms with van der Waals surface area (Å²) in [4.78, 5) is 22.5. The Morgan fingerprint density at radius 3 is 2.54 bits per heavy atom. The molecule has 0 spiro atoms. The number of methoxy groups -OCH3 is 2. The molecule has 0 radical (unpaired) electrons. The van der Waals surface area contributed by atoms with Crippen molar-refractivity contribution in [2.45, 2.75) is 0 Å². The van der Waals surface area contributed by atoms with E-state index in [1.165, 1.54) is 32.6 Å². The first-order chi connectivity index (χ1) is 11.6. The van der Waals surface area contributed by atoms with Gasteiger partial charge in [-0.2, -0.15) is 5.10 Å². The normalized spacial score (nSPS) is 10.4. The van der Waals surface area contributed by atoms with Crippen LogP contribution < -0.4 is 14.9 Å². The van der Waals surface area contributed by atoms with Crippen LogP contribution in [-0.2, 0) is 0 Å². The first kappa shape index (κ1) is 16.9. The second-order valence-electron chi connectivity index (χ2n) is 4.59. The Morgan fingerprint density at radius 1 is 1.17 bits per heavy atom. The fourth-order valence-electron chi connectivity index (χ4n) is 1.99. The minimum absolute atomic E-state index is 0.148. The zero-order valence-corrected chi connectivity index (χ0v) is 13.1. The number of hydrazone groups is 1. The average molecular weight is 329 g/mol. The van der Waals surface area contributed by atoms with E-state index in [9.17, 15) is 14.9 Å². The molecule has 0 heterocycles. The van der Waals surface area contributed by atoms with Gasteiger partial charge in [0.2, 0.25) is 0 Å². The Bertz CT molecular complexity index is 789. The molecule has 0 unspecified atom stereocenters. The van der Waals surface area contributed by atoms with Crippen molar-refractivity contribution in [3.05, 3.63) is 63.7 Å². The smallest absolute Gasteiger partial charge is 0.311 e. The zero-order chi connectivity index (χ0) is 17.5. The van der Waals surface area contributed by atoms with Crippen LogP contribution in [0.1, 0.15) is 15.9 Å². The molecule has 124 valence electrons. The van der Waals surface area contributed by atoms with Gasteiger partial charge in [0.05, 0.1) is 30.9 Å². The van der Waals surface area contributed by atoms with E-state index in [4.69, 9.17) is 9.47 Å². The Kier molecular flexibility index (Phi) is 5.45. The molecule has 1 amide bonds. The number of nitro groups is 1. The summed E-state index contributed by atoms with van der Waals surface area (Å²) in [5, 5.41) is 14.8. The molecule has 0 aromatic heterocycles. The van der Waals surface area contributed by atoms with Gasteiger partial charge in [-0.25, -0.2) is 5.43 Å². The maximum absolute atomic E-state index is 12.1.